The molecule has 136 valence electrons. The fourth-order valence-electron chi connectivity index (χ4n) is 2.85. The first kappa shape index (κ1) is 17.6. The first-order valence-electron chi connectivity index (χ1n) is 8.34. The Balaban J connectivity index is 1.68. The number of rotatable bonds is 2. The second-order valence-electron chi connectivity index (χ2n) is 5.94. The van der Waals surface area contributed by atoms with Gasteiger partial charge in [0.25, 0.3) is 0 Å². The van der Waals surface area contributed by atoms with Crippen LogP contribution in [0.15, 0.2) is 60.7 Å². The van der Waals surface area contributed by atoms with Crippen LogP contribution in [0.1, 0.15) is 0 Å². The van der Waals surface area contributed by atoms with Gasteiger partial charge in [-0.2, -0.15) is 0 Å². The second-order valence-corrected chi connectivity index (χ2v) is 6.78. The van der Waals surface area contributed by atoms with E-state index in [1.54, 1.807) is 29.2 Å². The predicted octanol–water partition coefficient (Wildman–Crippen LogP) is 5.49. The lowest BCUT2D eigenvalue weighted by atomic mass is 10.1. The molecule has 1 aliphatic rings. The second kappa shape index (κ2) is 7.47. The summed E-state index contributed by atoms with van der Waals surface area (Å²) < 4.78 is 5.66. The van der Waals surface area contributed by atoms with Gasteiger partial charge in [0.1, 0.15) is 6.61 Å². The number of amides is 2. The summed E-state index contributed by atoms with van der Waals surface area (Å²) in [6, 6.07) is 17.8. The van der Waals surface area contributed by atoms with Gasteiger partial charge < -0.3 is 10.1 Å². The van der Waals surface area contributed by atoms with Crippen molar-refractivity contribution < 1.29 is 9.53 Å². The molecule has 4 rings (SSSR count). The van der Waals surface area contributed by atoms with Crippen molar-refractivity contribution in [3.05, 3.63) is 70.7 Å². The lowest BCUT2D eigenvalue weighted by Gasteiger charge is -2.29. The maximum absolute atomic E-state index is 12.8. The van der Waals surface area contributed by atoms with Crippen LogP contribution in [0.3, 0.4) is 0 Å². The number of anilines is 2. The van der Waals surface area contributed by atoms with E-state index in [1.165, 1.54) is 0 Å². The molecule has 0 radical (unpaired) electrons. The molecule has 1 aromatic heterocycles. The highest BCUT2D eigenvalue weighted by Gasteiger charge is 2.26. The van der Waals surface area contributed by atoms with Crippen molar-refractivity contribution in [2.75, 3.05) is 23.4 Å². The summed E-state index contributed by atoms with van der Waals surface area (Å²) >= 11 is 12.3. The maximum atomic E-state index is 12.8. The number of para-hydroxylation sites is 1. The van der Waals surface area contributed by atoms with Crippen LogP contribution in [0.25, 0.3) is 11.3 Å². The molecule has 1 N–H and O–H groups in total. The lowest BCUT2D eigenvalue weighted by molar-refractivity contribution is 0.249. The van der Waals surface area contributed by atoms with E-state index in [9.17, 15) is 4.79 Å². The summed E-state index contributed by atoms with van der Waals surface area (Å²) in [5.74, 6) is 1.01. The van der Waals surface area contributed by atoms with Gasteiger partial charge in [0.2, 0.25) is 0 Å². The standard InChI is InChI=1S/C20H15Cl2N3O2/c21-13-6-7-15(16(22)12-13)17-8-9-18-19(24-17)25(10-11-27-18)20(26)23-14-4-2-1-3-5-14/h1-9,12H,10-11H2,(H,23,26). The normalized spacial score (nSPS) is 12.9. The summed E-state index contributed by atoms with van der Waals surface area (Å²) in [5, 5.41) is 3.92. The van der Waals surface area contributed by atoms with Gasteiger partial charge >= 0.3 is 6.03 Å². The number of fused-ring (bicyclic) bond motifs is 1. The molecule has 0 spiro atoms. The minimum absolute atomic E-state index is 0.266. The van der Waals surface area contributed by atoms with Crippen LogP contribution < -0.4 is 15.0 Å². The molecule has 2 heterocycles. The van der Waals surface area contributed by atoms with Crippen molar-refractivity contribution in [3.8, 4) is 17.0 Å². The quantitative estimate of drug-likeness (QED) is 0.619. The number of nitrogens with zero attached hydrogens (tertiary/aromatic N) is 2. The molecule has 0 fully saturated rings. The van der Waals surface area contributed by atoms with E-state index in [2.05, 4.69) is 10.3 Å². The van der Waals surface area contributed by atoms with Gasteiger partial charge in [0.05, 0.1) is 17.3 Å². The highest BCUT2D eigenvalue weighted by Crippen LogP contribution is 2.35. The highest BCUT2D eigenvalue weighted by atomic mass is 35.5. The number of carbonyl (C=O) groups excluding carboxylic acids is 1. The number of halogens is 2. The van der Waals surface area contributed by atoms with Gasteiger partial charge in [-0.3, -0.25) is 4.90 Å². The highest BCUT2D eigenvalue weighted by molar-refractivity contribution is 6.36. The Morgan fingerprint density at radius 1 is 1.07 bits per heavy atom. The van der Waals surface area contributed by atoms with Gasteiger partial charge in [0, 0.05) is 16.3 Å². The molecule has 0 aliphatic carbocycles. The van der Waals surface area contributed by atoms with Crippen LogP contribution in [0.5, 0.6) is 5.75 Å². The summed E-state index contributed by atoms with van der Waals surface area (Å²) in [7, 11) is 0. The number of carbonyl (C=O) groups is 1. The molecule has 2 aromatic carbocycles. The van der Waals surface area contributed by atoms with E-state index >= 15 is 0 Å². The van der Waals surface area contributed by atoms with Crippen LogP contribution in [-0.4, -0.2) is 24.2 Å². The molecule has 1 aliphatic heterocycles. The predicted molar refractivity (Wildman–Crippen MR) is 108 cm³/mol. The first-order valence-corrected chi connectivity index (χ1v) is 9.10. The largest absolute Gasteiger partial charge is 0.488 e. The molecule has 0 atom stereocenters. The fourth-order valence-corrected chi connectivity index (χ4v) is 3.36. The van der Waals surface area contributed by atoms with Gasteiger partial charge in [-0.05, 0) is 42.5 Å². The third kappa shape index (κ3) is 3.70. The van der Waals surface area contributed by atoms with Crippen molar-refractivity contribution in [1.82, 2.24) is 4.98 Å². The van der Waals surface area contributed by atoms with Crippen LogP contribution in [0.4, 0.5) is 16.3 Å². The molecule has 3 aromatic rings. The van der Waals surface area contributed by atoms with Gasteiger partial charge in [-0.15, -0.1) is 0 Å². The zero-order chi connectivity index (χ0) is 18.8. The number of nitrogens with one attached hydrogen (secondary N) is 1. The van der Waals surface area contributed by atoms with Crippen LogP contribution in [-0.2, 0) is 0 Å². The fraction of sp³-hybridized carbons (Fsp3) is 0.100. The summed E-state index contributed by atoms with van der Waals surface area (Å²) in [5.41, 5.74) is 2.09. The smallest absolute Gasteiger partial charge is 0.327 e. The topological polar surface area (TPSA) is 54.5 Å². The summed E-state index contributed by atoms with van der Waals surface area (Å²) in [4.78, 5) is 19.0. The Labute approximate surface area is 166 Å². The molecule has 0 saturated heterocycles. The molecular formula is C20H15Cl2N3O2. The van der Waals surface area contributed by atoms with Gasteiger partial charge in [0.15, 0.2) is 11.6 Å². The molecule has 2 amide bonds. The Hall–Kier alpha value is -2.76. The monoisotopic (exact) mass is 399 g/mol. The zero-order valence-electron chi connectivity index (χ0n) is 14.2. The van der Waals surface area contributed by atoms with Crippen LogP contribution in [0.2, 0.25) is 10.0 Å². The number of hydrogen-bond acceptors (Lipinski definition) is 3. The Kier molecular flexibility index (Phi) is 4.88. The van der Waals surface area contributed by atoms with Crippen molar-refractivity contribution >= 4 is 40.7 Å². The number of ether oxygens (including phenoxy) is 1. The van der Waals surface area contributed by atoms with Crippen molar-refractivity contribution in [2.45, 2.75) is 0 Å². The molecule has 0 saturated carbocycles. The average molecular weight is 400 g/mol. The molecule has 7 heteroatoms. The molecular weight excluding hydrogens is 385 g/mol. The van der Waals surface area contributed by atoms with E-state index < -0.39 is 0 Å². The average Bonchev–Trinajstić information content (AvgIpc) is 2.68. The number of hydrogen-bond donors (Lipinski definition) is 1. The van der Waals surface area contributed by atoms with E-state index in [-0.39, 0.29) is 6.03 Å². The minimum Gasteiger partial charge on any atom is -0.488 e. The zero-order valence-corrected chi connectivity index (χ0v) is 15.7. The van der Waals surface area contributed by atoms with E-state index in [0.717, 1.165) is 5.56 Å². The Bertz CT molecular complexity index is 996. The third-order valence-electron chi connectivity index (χ3n) is 4.14. The number of pyridine rings is 1. The maximum Gasteiger partial charge on any atom is 0.327 e. The SMILES string of the molecule is O=C(Nc1ccccc1)N1CCOc2ccc(-c3ccc(Cl)cc3Cl)nc21. The number of aromatic nitrogens is 1. The van der Waals surface area contributed by atoms with Crippen LogP contribution in [0, 0.1) is 0 Å². The molecule has 5 nitrogen and oxygen atoms in total. The first-order chi connectivity index (χ1) is 13.1. The van der Waals surface area contributed by atoms with Gasteiger partial charge in [-0.1, -0.05) is 41.4 Å². The molecule has 27 heavy (non-hydrogen) atoms. The summed E-state index contributed by atoms with van der Waals surface area (Å²) in [6.45, 7) is 0.800. The van der Waals surface area contributed by atoms with Crippen molar-refractivity contribution in [3.63, 3.8) is 0 Å². The minimum atomic E-state index is -0.266. The van der Waals surface area contributed by atoms with Crippen molar-refractivity contribution in [1.29, 1.82) is 0 Å². The number of benzene rings is 2. The lowest BCUT2D eigenvalue weighted by Crippen LogP contribution is -2.41. The van der Waals surface area contributed by atoms with E-state index in [1.807, 2.05) is 36.4 Å². The molecule has 0 unspecified atom stereocenters. The summed E-state index contributed by atoms with van der Waals surface area (Å²) in [6.07, 6.45) is 0. The molecule has 0 bridgehead atoms. The van der Waals surface area contributed by atoms with Gasteiger partial charge in [-0.25, -0.2) is 9.78 Å². The van der Waals surface area contributed by atoms with Crippen LogP contribution >= 0.6 is 23.2 Å². The van der Waals surface area contributed by atoms with E-state index in [4.69, 9.17) is 27.9 Å². The Morgan fingerprint density at radius 2 is 1.89 bits per heavy atom. The number of urea groups is 1. The third-order valence-corrected chi connectivity index (χ3v) is 4.69. The van der Waals surface area contributed by atoms with Crippen molar-refractivity contribution in [2.24, 2.45) is 0 Å². The Morgan fingerprint density at radius 3 is 2.67 bits per heavy atom. The van der Waals surface area contributed by atoms with E-state index in [0.29, 0.717) is 46.1 Å².